The molecular weight excluding hydrogens is 394 g/mol. The molecule has 0 aliphatic heterocycles. The summed E-state index contributed by atoms with van der Waals surface area (Å²) in [6, 6.07) is 26.8. The molecule has 0 aliphatic carbocycles. The first-order chi connectivity index (χ1) is 14.9. The molecular formula is C27H22F2O2. The molecule has 156 valence electrons. The van der Waals surface area contributed by atoms with Gasteiger partial charge in [-0.25, -0.2) is 8.78 Å². The van der Waals surface area contributed by atoms with Crippen LogP contribution in [-0.2, 0) is 5.60 Å². The van der Waals surface area contributed by atoms with Crippen molar-refractivity contribution in [3.8, 4) is 22.3 Å². The Kier molecular flexibility index (Phi) is 5.68. The third-order valence-corrected chi connectivity index (χ3v) is 5.61. The van der Waals surface area contributed by atoms with Crippen LogP contribution in [0.15, 0.2) is 97.1 Å². The Hall–Kier alpha value is -3.34. The molecule has 0 saturated carbocycles. The van der Waals surface area contributed by atoms with E-state index in [0.29, 0.717) is 11.1 Å². The number of aliphatic hydroxyl groups is 2. The third-order valence-electron chi connectivity index (χ3n) is 5.61. The van der Waals surface area contributed by atoms with Crippen molar-refractivity contribution >= 4 is 0 Å². The second kappa shape index (κ2) is 8.42. The molecule has 0 heterocycles. The normalized spacial score (nSPS) is 12.5. The highest BCUT2D eigenvalue weighted by atomic mass is 19.1. The highest BCUT2D eigenvalue weighted by Gasteiger charge is 2.36. The standard InChI is InChI=1S/C27H22F2O2/c1-18(30)27(31,23-10-2-19(3-11-23)21-6-14-25(28)15-7-21)24-12-4-20(5-13-24)22-8-16-26(29)17-9-22/h2-18,30-31H,1H3/t18-/m0/s1. The quantitative estimate of drug-likeness (QED) is 0.424. The number of rotatable bonds is 5. The van der Waals surface area contributed by atoms with E-state index in [9.17, 15) is 19.0 Å². The Labute approximate surface area is 180 Å². The van der Waals surface area contributed by atoms with E-state index >= 15 is 0 Å². The molecule has 4 heteroatoms. The number of benzene rings is 4. The van der Waals surface area contributed by atoms with Crippen LogP contribution in [-0.4, -0.2) is 16.3 Å². The Morgan fingerprint density at radius 1 is 0.548 bits per heavy atom. The van der Waals surface area contributed by atoms with Gasteiger partial charge >= 0.3 is 0 Å². The zero-order valence-electron chi connectivity index (χ0n) is 17.0. The molecule has 1 atom stereocenters. The van der Waals surface area contributed by atoms with E-state index in [1.165, 1.54) is 24.3 Å². The van der Waals surface area contributed by atoms with E-state index in [-0.39, 0.29) is 11.6 Å². The molecule has 0 fully saturated rings. The summed E-state index contributed by atoms with van der Waals surface area (Å²) in [6.45, 7) is 1.54. The first kappa shape index (κ1) is 20.9. The van der Waals surface area contributed by atoms with Gasteiger partial charge in [0.25, 0.3) is 0 Å². The van der Waals surface area contributed by atoms with Crippen LogP contribution in [0.5, 0.6) is 0 Å². The van der Waals surface area contributed by atoms with Crippen molar-refractivity contribution < 1.29 is 19.0 Å². The fourth-order valence-electron chi connectivity index (χ4n) is 3.77. The SMILES string of the molecule is C[C@H](O)C(O)(c1ccc(-c2ccc(F)cc2)cc1)c1ccc(-c2ccc(F)cc2)cc1. The second-order valence-electron chi connectivity index (χ2n) is 7.61. The molecule has 0 bridgehead atoms. The van der Waals surface area contributed by atoms with Gasteiger partial charge < -0.3 is 10.2 Å². The van der Waals surface area contributed by atoms with Crippen LogP contribution in [0.1, 0.15) is 18.1 Å². The topological polar surface area (TPSA) is 40.5 Å². The minimum atomic E-state index is -1.61. The van der Waals surface area contributed by atoms with Crippen LogP contribution < -0.4 is 0 Å². The second-order valence-corrected chi connectivity index (χ2v) is 7.61. The average molecular weight is 416 g/mol. The van der Waals surface area contributed by atoms with Crippen molar-refractivity contribution in [3.63, 3.8) is 0 Å². The summed E-state index contributed by atoms with van der Waals surface area (Å²) in [5.41, 5.74) is 2.95. The molecule has 0 amide bonds. The van der Waals surface area contributed by atoms with Crippen LogP contribution in [0.25, 0.3) is 22.3 Å². The summed E-state index contributed by atoms with van der Waals surface area (Å²) in [5, 5.41) is 22.0. The zero-order valence-corrected chi connectivity index (χ0v) is 17.0. The van der Waals surface area contributed by atoms with Crippen molar-refractivity contribution in [3.05, 3.63) is 120 Å². The maximum absolute atomic E-state index is 13.2. The number of hydrogen-bond donors (Lipinski definition) is 2. The predicted molar refractivity (Wildman–Crippen MR) is 118 cm³/mol. The maximum atomic E-state index is 13.2. The van der Waals surface area contributed by atoms with Crippen LogP contribution in [0.2, 0.25) is 0 Å². The molecule has 4 rings (SSSR count). The first-order valence-corrected chi connectivity index (χ1v) is 10.0. The summed E-state index contributed by atoms with van der Waals surface area (Å²) >= 11 is 0. The maximum Gasteiger partial charge on any atom is 0.140 e. The van der Waals surface area contributed by atoms with E-state index in [1.54, 1.807) is 55.5 Å². The van der Waals surface area contributed by atoms with Gasteiger partial charge in [0.05, 0.1) is 6.10 Å². The molecule has 0 aliphatic rings. The third kappa shape index (κ3) is 4.13. The van der Waals surface area contributed by atoms with Gasteiger partial charge in [-0.3, -0.25) is 0 Å². The van der Waals surface area contributed by atoms with Crippen molar-refractivity contribution in [2.75, 3.05) is 0 Å². The molecule has 0 spiro atoms. The predicted octanol–water partition coefficient (Wildman–Crippen LogP) is 5.92. The summed E-state index contributed by atoms with van der Waals surface area (Å²) in [6.07, 6.45) is -1.07. The van der Waals surface area contributed by atoms with Crippen LogP contribution in [0.4, 0.5) is 8.78 Å². The largest absolute Gasteiger partial charge is 0.390 e. The fourth-order valence-corrected chi connectivity index (χ4v) is 3.77. The van der Waals surface area contributed by atoms with Crippen LogP contribution >= 0.6 is 0 Å². The van der Waals surface area contributed by atoms with Gasteiger partial charge in [-0.15, -0.1) is 0 Å². The summed E-state index contributed by atoms with van der Waals surface area (Å²) < 4.78 is 26.4. The van der Waals surface area contributed by atoms with Gasteiger partial charge in [0.2, 0.25) is 0 Å². The number of aliphatic hydroxyl groups excluding tert-OH is 1. The molecule has 4 aromatic carbocycles. The van der Waals surface area contributed by atoms with Gasteiger partial charge in [0, 0.05) is 0 Å². The summed E-state index contributed by atoms with van der Waals surface area (Å²) in [5.74, 6) is -0.596. The number of halogens is 2. The van der Waals surface area contributed by atoms with Gasteiger partial charge in [-0.2, -0.15) is 0 Å². The average Bonchev–Trinajstić information content (AvgIpc) is 2.80. The summed E-state index contributed by atoms with van der Waals surface area (Å²) in [4.78, 5) is 0. The van der Waals surface area contributed by atoms with Crippen molar-refractivity contribution in [2.45, 2.75) is 18.6 Å². The van der Waals surface area contributed by atoms with E-state index < -0.39 is 11.7 Å². The Morgan fingerprint density at radius 2 is 0.806 bits per heavy atom. The molecule has 2 nitrogen and oxygen atoms in total. The lowest BCUT2D eigenvalue weighted by Gasteiger charge is -2.32. The Balaban J connectivity index is 1.66. The minimum Gasteiger partial charge on any atom is -0.390 e. The fraction of sp³-hybridized carbons (Fsp3) is 0.111. The lowest BCUT2D eigenvalue weighted by Crippen LogP contribution is -2.38. The van der Waals surface area contributed by atoms with Crippen molar-refractivity contribution in [1.82, 2.24) is 0 Å². The van der Waals surface area contributed by atoms with Gasteiger partial charge in [-0.05, 0) is 64.6 Å². The lowest BCUT2D eigenvalue weighted by atomic mass is 9.81. The van der Waals surface area contributed by atoms with Crippen LogP contribution in [0.3, 0.4) is 0 Å². The molecule has 4 aromatic rings. The van der Waals surface area contributed by atoms with E-state index in [0.717, 1.165) is 22.3 Å². The molecule has 0 saturated heterocycles. The van der Waals surface area contributed by atoms with Gasteiger partial charge in [0.15, 0.2) is 0 Å². The smallest absolute Gasteiger partial charge is 0.140 e. The van der Waals surface area contributed by atoms with E-state index in [4.69, 9.17) is 0 Å². The molecule has 31 heavy (non-hydrogen) atoms. The van der Waals surface area contributed by atoms with E-state index in [2.05, 4.69) is 0 Å². The molecule has 0 aromatic heterocycles. The molecule has 0 unspecified atom stereocenters. The highest BCUT2D eigenvalue weighted by molar-refractivity contribution is 5.65. The van der Waals surface area contributed by atoms with Crippen molar-refractivity contribution in [1.29, 1.82) is 0 Å². The Bertz CT molecular complexity index is 1060. The Morgan fingerprint density at radius 3 is 1.06 bits per heavy atom. The van der Waals surface area contributed by atoms with E-state index in [1.807, 2.05) is 24.3 Å². The lowest BCUT2D eigenvalue weighted by molar-refractivity contribution is -0.0394. The zero-order chi connectivity index (χ0) is 22.0. The van der Waals surface area contributed by atoms with Gasteiger partial charge in [0.1, 0.15) is 17.2 Å². The van der Waals surface area contributed by atoms with Crippen molar-refractivity contribution in [2.24, 2.45) is 0 Å². The molecule has 0 radical (unpaired) electrons. The minimum absolute atomic E-state index is 0.298. The van der Waals surface area contributed by atoms with Gasteiger partial charge in [-0.1, -0.05) is 72.8 Å². The highest BCUT2D eigenvalue weighted by Crippen LogP contribution is 2.35. The molecule has 2 N–H and O–H groups in total. The summed E-state index contributed by atoms with van der Waals surface area (Å²) in [7, 11) is 0. The monoisotopic (exact) mass is 416 g/mol. The van der Waals surface area contributed by atoms with Crippen LogP contribution in [0, 0.1) is 11.6 Å². The first-order valence-electron chi connectivity index (χ1n) is 10.0. The number of hydrogen-bond acceptors (Lipinski definition) is 2.